The van der Waals surface area contributed by atoms with E-state index in [-0.39, 0.29) is 11.7 Å². The molecule has 5 aromatic rings. The summed E-state index contributed by atoms with van der Waals surface area (Å²) in [5, 5.41) is 13.6. The number of amides is 1. The first-order valence-corrected chi connectivity index (χ1v) is 13.4. The standard InChI is InChI=1S/C31H27N5O2S/c1-23-15-17-26(18-16-23)30-34-35-31(36(30)27-12-6-3-7-13-27)39-22-29(37)33-32-20-25-11-8-14-28(19-25)38-21-24-9-4-2-5-10-24/h2-20H,21-22H2,1H3,(H,33,37). The number of hydrogen-bond donors (Lipinski definition) is 1. The maximum atomic E-state index is 12.6. The molecule has 4 aromatic carbocycles. The normalized spacial score (nSPS) is 11.0. The number of nitrogens with one attached hydrogen (secondary N) is 1. The van der Waals surface area contributed by atoms with Crippen molar-refractivity contribution in [3.63, 3.8) is 0 Å². The number of carbonyl (C=O) groups excluding carboxylic acids is 1. The van der Waals surface area contributed by atoms with Gasteiger partial charge in [0.05, 0.1) is 12.0 Å². The Labute approximate surface area is 231 Å². The number of aryl methyl sites for hydroxylation is 1. The van der Waals surface area contributed by atoms with Crippen molar-refractivity contribution in [1.29, 1.82) is 0 Å². The number of ether oxygens (including phenoxy) is 1. The lowest BCUT2D eigenvalue weighted by Crippen LogP contribution is -2.20. The van der Waals surface area contributed by atoms with Crippen LogP contribution in [0.25, 0.3) is 17.1 Å². The number of hydrogen-bond acceptors (Lipinski definition) is 6. The van der Waals surface area contributed by atoms with Gasteiger partial charge in [-0.3, -0.25) is 9.36 Å². The third kappa shape index (κ3) is 7.00. The van der Waals surface area contributed by atoms with E-state index in [1.165, 1.54) is 17.3 Å². The first-order chi connectivity index (χ1) is 19.2. The molecule has 0 aliphatic carbocycles. The largest absolute Gasteiger partial charge is 0.489 e. The van der Waals surface area contributed by atoms with Gasteiger partial charge in [0.25, 0.3) is 5.91 Å². The Morgan fingerprint density at radius 1 is 0.923 bits per heavy atom. The van der Waals surface area contributed by atoms with E-state index in [9.17, 15) is 4.79 Å². The third-order valence-electron chi connectivity index (χ3n) is 5.80. The number of aromatic nitrogens is 3. The van der Waals surface area contributed by atoms with Gasteiger partial charge in [-0.25, -0.2) is 5.43 Å². The Kier molecular flexibility index (Phi) is 8.45. The minimum atomic E-state index is -0.243. The van der Waals surface area contributed by atoms with Gasteiger partial charge in [0, 0.05) is 11.3 Å². The SMILES string of the molecule is Cc1ccc(-c2nnc(SCC(=O)NN=Cc3cccc(OCc4ccccc4)c3)n2-c2ccccc2)cc1. The molecule has 39 heavy (non-hydrogen) atoms. The van der Waals surface area contributed by atoms with Gasteiger partial charge in [0.2, 0.25) is 0 Å². The lowest BCUT2D eigenvalue weighted by molar-refractivity contribution is -0.118. The van der Waals surface area contributed by atoms with Crippen LogP contribution in [0.4, 0.5) is 0 Å². The van der Waals surface area contributed by atoms with E-state index < -0.39 is 0 Å². The molecule has 0 fully saturated rings. The smallest absolute Gasteiger partial charge is 0.250 e. The number of hydrazone groups is 1. The van der Waals surface area contributed by atoms with E-state index in [2.05, 4.69) is 20.7 Å². The summed E-state index contributed by atoms with van der Waals surface area (Å²) in [5.41, 5.74) is 7.55. The predicted octanol–water partition coefficient (Wildman–Crippen LogP) is 6.06. The topological polar surface area (TPSA) is 81.4 Å². The van der Waals surface area contributed by atoms with Crippen LogP contribution in [0, 0.1) is 6.92 Å². The van der Waals surface area contributed by atoms with Crippen LogP contribution in [-0.2, 0) is 11.4 Å². The Morgan fingerprint density at radius 3 is 2.44 bits per heavy atom. The van der Waals surface area contributed by atoms with Gasteiger partial charge in [0.15, 0.2) is 11.0 Å². The maximum Gasteiger partial charge on any atom is 0.250 e. The van der Waals surface area contributed by atoms with Crippen LogP contribution in [-0.4, -0.2) is 32.6 Å². The summed E-state index contributed by atoms with van der Waals surface area (Å²) in [6, 6.07) is 35.5. The summed E-state index contributed by atoms with van der Waals surface area (Å²) in [7, 11) is 0. The zero-order valence-electron chi connectivity index (χ0n) is 21.4. The van der Waals surface area contributed by atoms with Crippen molar-refractivity contribution in [2.24, 2.45) is 5.10 Å². The highest BCUT2D eigenvalue weighted by Crippen LogP contribution is 2.28. The predicted molar refractivity (Wildman–Crippen MR) is 155 cm³/mol. The van der Waals surface area contributed by atoms with Crippen molar-refractivity contribution in [1.82, 2.24) is 20.2 Å². The van der Waals surface area contributed by atoms with E-state index in [0.29, 0.717) is 11.8 Å². The van der Waals surface area contributed by atoms with Crippen molar-refractivity contribution in [2.75, 3.05) is 5.75 Å². The molecule has 7 nitrogen and oxygen atoms in total. The summed E-state index contributed by atoms with van der Waals surface area (Å²) < 4.78 is 7.83. The Hall–Kier alpha value is -4.69. The van der Waals surface area contributed by atoms with Gasteiger partial charge in [-0.2, -0.15) is 5.10 Å². The highest BCUT2D eigenvalue weighted by Gasteiger charge is 2.17. The second-order valence-electron chi connectivity index (χ2n) is 8.77. The molecule has 1 amide bonds. The quantitative estimate of drug-likeness (QED) is 0.134. The molecule has 0 saturated carbocycles. The lowest BCUT2D eigenvalue weighted by Gasteiger charge is -2.10. The zero-order valence-corrected chi connectivity index (χ0v) is 22.2. The van der Waals surface area contributed by atoms with Gasteiger partial charge < -0.3 is 4.74 Å². The minimum Gasteiger partial charge on any atom is -0.489 e. The van der Waals surface area contributed by atoms with Gasteiger partial charge in [0.1, 0.15) is 12.4 Å². The van der Waals surface area contributed by atoms with E-state index in [0.717, 1.165) is 34.0 Å². The second kappa shape index (κ2) is 12.7. The van der Waals surface area contributed by atoms with Crippen LogP contribution in [0.2, 0.25) is 0 Å². The van der Waals surface area contributed by atoms with Crippen LogP contribution in [0.15, 0.2) is 119 Å². The van der Waals surface area contributed by atoms with Crippen molar-refractivity contribution in [2.45, 2.75) is 18.7 Å². The number of nitrogens with zero attached hydrogens (tertiary/aromatic N) is 4. The molecule has 0 aliphatic rings. The van der Waals surface area contributed by atoms with Gasteiger partial charge >= 0.3 is 0 Å². The molecule has 0 spiro atoms. The van der Waals surface area contributed by atoms with Crippen molar-refractivity contribution in [3.05, 3.63) is 126 Å². The molecular formula is C31H27N5O2S. The fourth-order valence-electron chi connectivity index (χ4n) is 3.83. The molecule has 0 bridgehead atoms. The first-order valence-electron chi connectivity index (χ1n) is 12.4. The average molecular weight is 534 g/mol. The third-order valence-corrected chi connectivity index (χ3v) is 6.73. The summed E-state index contributed by atoms with van der Waals surface area (Å²) in [6.45, 7) is 2.53. The van der Waals surface area contributed by atoms with Crippen LogP contribution in [0.3, 0.4) is 0 Å². The number of thioether (sulfide) groups is 1. The Balaban J connectivity index is 1.21. The van der Waals surface area contributed by atoms with Crippen molar-refractivity contribution >= 4 is 23.9 Å². The van der Waals surface area contributed by atoms with Crippen LogP contribution >= 0.6 is 11.8 Å². The van der Waals surface area contributed by atoms with E-state index in [4.69, 9.17) is 4.74 Å². The van der Waals surface area contributed by atoms with Gasteiger partial charge in [-0.1, -0.05) is 102 Å². The molecular weight excluding hydrogens is 506 g/mol. The van der Waals surface area contributed by atoms with E-state index in [1.54, 1.807) is 6.21 Å². The second-order valence-corrected chi connectivity index (χ2v) is 9.71. The van der Waals surface area contributed by atoms with Crippen LogP contribution in [0.1, 0.15) is 16.7 Å². The Morgan fingerprint density at radius 2 is 1.67 bits per heavy atom. The number of benzene rings is 4. The van der Waals surface area contributed by atoms with Crippen molar-refractivity contribution in [3.8, 4) is 22.8 Å². The molecule has 194 valence electrons. The summed E-state index contributed by atoms with van der Waals surface area (Å²) in [5.74, 6) is 1.34. The molecule has 1 N–H and O–H groups in total. The number of carbonyl (C=O) groups is 1. The molecule has 5 rings (SSSR count). The van der Waals surface area contributed by atoms with Crippen LogP contribution < -0.4 is 10.2 Å². The highest BCUT2D eigenvalue weighted by molar-refractivity contribution is 7.99. The summed E-state index contributed by atoms with van der Waals surface area (Å²) in [6.07, 6.45) is 1.60. The maximum absolute atomic E-state index is 12.6. The minimum absolute atomic E-state index is 0.135. The Bertz CT molecular complexity index is 1550. The van der Waals surface area contributed by atoms with E-state index in [1.807, 2.05) is 121 Å². The zero-order chi connectivity index (χ0) is 26.9. The summed E-state index contributed by atoms with van der Waals surface area (Å²) >= 11 is 1.31. The highest BCUT2D eigenvalue weighted by atomic mass is 32.2. The lowest BCUT2D eigenvalue weighted by atomic mass is 10.1. The molecule has 1 aromatic heterocycles. The molecule has 0 atom stereocenters. The van der Waals surface area contributed by atoms with Crippen molar-refractivity contribution < 1.29 is 9.53 Å². The average Bonchev–Trinajstić information content (AvgIpc) is 3.41. The molecule has 0 saturated heterocycles. The first kappa shape index (κ1) is 25.9. The van der Waals surface area contributed by atoms with E-state index >= 15 is 0 Å². The molecule has 0 aliphatic heterocycles. The molecule has 8 heteroatoms. The van der Waals surface area contributed by atoms with Gasteiger partial charge in [-0.05, 0) is 42.3 Å². The van der Waals surface area contributed by atoms with Crippen LogP contribution in [0.5, 0.6) is 5.75 Å². The molecule has 1 heterocycles. The van der Waals surface area contributed by atoms with Gasteiger partial charge in [-0.15, -0.1) is 10.2 Å². The molecule has 0 unspecified atom stereocenters. The summed E-state index contributed by atoms with van der Waals surface area (Å²) in [4.78, 5) is 12.6. The number of rotatable bonds is 10. The fourth-order valence-corrected chi connectivity index (χ4v) is 4.57. The fraction of sp³-hybridized carbons (Fsp3) is 0.0968. The number of para-hydroxylation sites is 1. The molecule has 0 radical (unpaired) electrons. The monoisotopic (exact) mass is 533 g/mol.